The summed E-state index contributed by atoms with van der Waals surface area (Å²) in [5.74, 6) is 0.588. The van der Waals surface area contributed by atoms with E-state index in [-0.39, 0.29) is 92.0 Å². The van der Waals surface area contributed by atoms with E-state index in [0.717, 1.165) is 96.7 Å². The first-order valence-electron chi connectivity index (χ1n) is 40.7. The Hall–Kier alpha value is -12.7. The average Bonchev–Trinajstić information content (AvgIpc) is 0.788. The Bertz CT molecular complexity index is 5760. The molecule has 0 saturated carbocycles. The number of carbonyl (C=O) groups is 1. The maximum atomic E-state index is 10.0. The van der Waals surface area contributed by atoms with Crippen molar-refractivity contribution in [1.82, 2.24) is 49.8 Å². The molecule has 644 valence electrons. The van der Waals surface area contributed by atoms with Crippen LogP contribution in [-0.4, -0.2) is 60.7 Å². The molecule has 1 N–H and O–H groups in total. The van der Waals surface area contributed by atoms with E-state index in [4.69, 9.17) is 10.1 Å². The van der Waals surface area contributed by atoms with Crippen molar-refractivity contribution in [3.8, 4) is 113 Å². The molecule has 0 aliphatic carbocycles. The Morgan fingerprint density at radius 1 is 0.307 bits per heavy atom. The molecule has 0 amide bonds. The van der Waals surface area contributed by atoms with Crippen LogP contribution in [0, 0.1) is 71.7 Å². The number of aromatic nitrogens is 10. The number of aliphatic hydroxyl groups excluding tert-OH is 1. The molecule has 0 saturated heterocycles. The van der Waals surface area contributed by atoms with Gasteiger partial charge in [0, 0.05) is 148 Å². The van der Waals surface area contributed by atoms with Gasteiger partial charge in [0.1, 0.15) is 0 Å². The minimum Gasteiger partial charge on any atom is -0.512 e. The van der Waals surface area contributed by atoms with Gasteiger partial charge in [-0.1, -0.05) is 196 Å². The van der Waals surface area contributed by atoms with Gasteiger partial charge >= 0.3 is 0 Å². The average molecular weight is 2370 g/mol. The maximum Gasteiger partial charge on any atom is 0.155 e. The minimum atomic E-state index is -0.125. The number of benzene rings is 8. The van der Waals surface area contributed by atoms with E-state index in [1.165, 1.54) is 92.1 Å². The molecule has 0 fully saturated rings. The molecule has 4 radical (unpaired) electrons. The summed E-state index contributed by atoms with van der Waals surface area (Å²) >= 11 is 0. The van der Waals surface area contributed by atoms with E-state index in [9.17, 15) is 4.79 Å². The summed E-state index contributed by atoms with van der Waals surface area (Å²) in [6.45, 7) is 20.1. The van der Waals surface area contributed by atoms with E-state index in [1.807, 2.05) is 225 Å². The van der Waals surface area contributed by atoms with Crippen molar-refractivity contribution in [3.63, 3.8) is 0 Å². The molecule has 18 rings (SSSR count). The summed E-state index contributed by atoms with van der Waals surface area (Å²) in [4.78, 5) is 53.3. The molecule has 10 aromatic heterocycles. The van der Waals surface area contributed by atoms with Crippen molar-refractivity contribution in [2.24, 2.45) is 5.92 Å². The second kappa shape index (κ2) is 54.3. The van der Waals surface area contributed by atoms with Gasteiger partial charge < -0.3 is 20.1 Å². The van der Waals surface area contributed by atoms with Crippen LogP contribution in [0.3, 0.4) is 0 Å². The van der Waals surface area contributed by atoms with Gasteiger partial charge in [-0.05, 0) is 213 Å². The third-order valence-corrected chi connectivity index (χ3v) is 18.5. The normalized spacial score (nSPS) is 10.1. The van der Waals surface area contributed by atoms with E-state index in [1.54, 1.807) is 37.2 Å². The van der Waals surface area contributed by atoms with Gasteiger partial charge in [0.15, 0.2) is 5.78 Å². The fourth-order valence-electron chi connectivity index (χ4n) is 13.2. The Kier molecular flexibility index (Phi) is 43.3. The molecule has 0 spiro atoms. The van der Waals surface area contributed by atoms with E-state index >= 15 is 0 Å². The van der Waals surface area contributed by atoms with Crippen LogP contribution in [-0.2, 0) is 91.6 Å². The topological polar surface area (TPSA) is 166 Å². The zero-order valence-corrected chi connectivity index (χ0v) is 82.0. The molecule has 127 heavy (non-hydrogen) atoms. The van der Waals surface area contributed by atoms with Gasteiger partial charge in [-0.2, -0.15) is 0 Å². The van der Waals surface area contributed by atoms with Crippen molar-refractivity contribution in [2.75, 3.05) is 0 Å². The van der Waals surface area contributed by atoms with Gasteiger partial charge in [0.2, 0.25) is 0 Å². The first-order chi connectivity index (χ1) is 59.9. The largest absolute Gasteiger partial charge is 0.512 e. The van der Waals surface area contributed by atoms with E-state index in [2.05, 4.69) is 246 Å². The molecule has 0 aliphatic heterocycles. The van der Waals surface area contributed by atoms with Crippen molar-refractivity contribution < 1.29 is 90.3 Å². The molecule has 8 aromatic carbocycles. The van der Waals surface area contributed by atoms with Crippen LogP contribution in [0.2, 0.25) is 0 Å². The van der Waals surface area contributed by atoms with Crippen LogP contribution < -0.4 is 0 Å². The molecular weight excluding hydrogens is 2270 g/mol. The number of hydrogen-bond acceptors (Lipinski definition) is 12. The fourth-order valence-corrected chi connectivity index (χ4v) is 13.2. The van der Waals surface area contributed by atoms with Gasteiger partial charge in [-0.3, -0.25) is 39.7 Å². The predicted octanol–water partition coefficient (Wildman–Crippen LogP) is 26.9. The van der Waals surface area contributed by atoms with Crippen LogP contribution in [0.5, 0.6) is 0 Å². The molecule has 16 heteroatoms. The third-order valence-electron chi connectivity index (χ3n) is 18.5. The summed E-state index contributed by atoms with van der Waals surface area (Å²) in [5.41, 5.74) is 30.8. The molecule has 10 heterocycles. The monoisotopic (exact) mass is 2370 g/mol. The van der Waals surface area contributed by atoms with Crippen LogP contribution in [0.25, 0.3) is 123 Å². The van der Waals surface area contributed by atoms with Crippen LogP contribution in [0.4, 0.5) is 0 Å². The smallest absolute Gasteiger partial charge is 0.155 e. The number of allylic oxidation sites excluding steroid dienone is 2. The number of rotatable bonds is 13. The van der Waals surface area contributed by atoms with Gasteiger partial charge in [0.05, 0.1) is 45.4 Å². The van der Waals surface area contributed by atoms with Crippen molar-refractivity contribution in [2.45, 2.75) is 75.7 Å². The molecule has 0 bridgehead atoms. The zero-order chi connectivity index (χ0) is 86.3. The SMILES string of the molecule is CC(=O)C=C(C)O.Cc1[c-]c(-c2ccc3c(CC(C)C)cccc3n2)cc(C)c1.Cc1cc(C)cc(-c2ccnc(-c3[c-]cccc3)c2)c1.Cc1cc(C)cc(-c2ccnc(-c3[c-]cccc3)c2)c1.[Ir].[Ir].[Ir].[Ir].[c-]1ccccc1-c1cc(-c2ccccc2)ccn1.c1ccc(-c2ccccn2)nc1.c1ccc(-c2ccccn2)nc1.c1ccc(-c2ccccn2)nc1. The molecule has 18 aromatic rings. The third kappa shape index (κ3) is 33.6. The van der Waals surface area contributed by atoms with Crippen LogP contribution in [0.15, 0.2) is 395 Å². The van der Waals surface area contributed by atoms with Gasteiger partial charge in [-0.25, -0.2) is 0 Å². The predicted molar refractivity (Wildman–Crippen MR) is 504 cm³/mol. The summed E-state index contributed by atoms with van der Waals surface area (Å²) in [6.07, 6.45) is 18.4. The van der Waals surface area contributed by atoms with Crippen molar-refractivity contribution in [3.05, 3.63) is 458 Å². The van der Waals surface area contributed by atoms with Gasteiger partial charge in [0.25, 0.3) is 0 Å². The standard InChI is InChI=1S/C21H22N.2C19H16N.C17H12N.3C10H8N2.C5H8O2.4Ir/c1-14(2)10-17-6-5-7-21-19(17)8-9-20(22-21)18-12-15(3)11-16(4)13-18;2*1-14-10-15(2)12-18(11-14)17-8-9-20-19(13-17)16-6-4-3-5-7-16;1-3-7-14(8-4-1)16-11-12-18-17(13-16)15-9-5-2-6-10-15;3*1-3-7-11-9(5-1)10-6-2-4-8-12-10;1-4(6)3-5(2)7;;;;/h5-9,11-12,14H,10H2,1-4H3;2*3-6,8-13H,1-2H3;1-9,11-13H;3*1-8H;3,6H,1-2H3;;;;/q4*-1;;;;;;;;. The quantitative estimate of drug-likeness (QED) is 0.0660. The minimum absolute atomic E-state index is 0. The number of ketones is 1. The molecule has 0 unspecified atom stereocenters. The number of aliphatic hydroxyl groups is 1. The summed E-state index contributed by atoms with van der Waals surface area (Å²) < 4.78 is 0. The molecule has 0 aliphatic rings. The maximum absolute atomic E-state index is 10.0. The summed E-state index contributed by atoms with van der Waals surface area (Å²) in [6, 6.07) is 123. The Morgan fingerprint density at radius 2 is 0.646 bits per heavy atom. The van der Waals surface area contributed by atoms with Crippen LogP contribution >= 0.6 is 0 Å². The Balaban J connectivity index is 0.000000202. The molecule has 12 nitrogen and oxygen atoms in total. The molecular formula is C111H98Ir4N10O2-4. The Morgan fingerprint density at radius 3 is 0.953 bits per heavy atom. The van der Waals surface area contributed by atoms with Crippen molar-refractivity contribution in [1.29, 1.82) is 0 Å². The second-order valence-corrected chi connectivity index (χ2v) is 29.5. The summed E-state index contributed by atoms with van der Waals surface area (Å²) in [7, 11) is 0. The zero-order valence-electron chi connectivity index (χ0n) is 72.4. The number of hydrogen-bond donors (Lipinski definition) is 1. The summed E-state index contributed by atoms with van der Waals surface area (Å²) in [5, 5.41) is 9.63. The molecule has 0 atom stereocenters. The fraction of sp³-hybridized carbons (Fsp3) is 0.108. The number of pyridine rings is 10. The first kappa shape index (κ1) is 101. The first-order valence-corrected chi connectivity index (χ1v) is 40.7. The Labute approximate surface area is 802 Å². The van der Waals surface area contributed by atoms with Crippen molar-refractivity contribution >= 4 is 16.7 Å². The van der Waals surface area contributed by atoms with E-state index in [0.29, 0.717) is 5.92 Å². The van der Waals surface area contributed by atoms with Crippen LogP contribution in [0.1, 0.15) is 66.6 Å². The second-order valence-electron chi connectivity index (χ2n) is 29.5. The van der Waals surface area contributed by atoms with E-state index < -0.39 is 0 Å². The number of carbonyl (C=O) groups excluding carboxylic acids is 1. The van der Waals surface area contributed by atoms with Gasteiger partial charge in [-0.15, -0.1) is 143 Å². The number of aryl methyl sites for hydroxylation is 6. The number of nitrogens with zero attached hydrogens (tertiary/aromatic N) is 10. The number of fused-ring (bicyclic) bond motifs is 1.